The quantitative estimate of drug-likeness (QED) is 0.919. The molecule has 0 aliphatic carbocycles. The molecule has 1 aromatic heterocycles. The molecule has 1 amide bonds. The van der Waals surface area contributed by atoms with Gasteiger partial charge in [-0.3, -0.25) is 4.79 Å². The topological polar surface area (TPSA) is 32.3 Å². The van der Waals surface area contributed by atoms with Crippen LogP contribution in [0.2, 0.25) is 4.34 Å². The fourth-order valence-corrected chi connectivity index (χ4v) is 3.62. The van der Waals surface area contributed by atoms with Crippen molar-refractivity contribution in [3.8, 4) is 0 Å². The maximum Gasteiger partial charge on any atom is 0.225 e. The molecule has 1 fully saturated rings. The summed E-state index contributed by atoms with van der Waals surface area (Å²) in [5.41, 5.74) is 1.25. The van der Waals surface area contributed by atoms with Crippen LogP contribution in [0.3, 0.4) is 0 Å². The molecule has 1 aliphatic heterocycles. The van der Waals surface area contributed by atoms with Crippen molar-refractivity contribution in [1.82, 2.24) is 10.2 Å². The number of carbonyl (C=O) groups is 1. The second kappa shape index (κ2) is 6.92. The molecule has 0 radical (unpaired) electrons. The van der Waals surface area contributed by atoms with Crippen LogP contribution in [0, 0.1) is 5.92 Å². The zero-order valence-corrected chi connectivity index (χ0v) is 13.9. The lowest BCUT2D eigenvalue weighted by Crippen LogP contribution is -2.46. The van der Waals surface area contributed by atoms with Gasteiger partial charge in [0.2, 0.25) is 5.91 Å². The molecule has 0 bridgehead atoms. The second-order valence-electron chi connectivity index (χ2n) is 5.83. The van der Waals surface area contributed by atoms with Crippen LogP contribution in [-0.4, -0.2) is 29.9 Å². The number of halogens is 1. The highest BCUT2D eigenvalue weighted by molar-refractivity contribution is 7.14. The number of hydrogen-bond acceptors (Lipinski definition) is 3. The highest BCUT2D eigenvalue weighted by Crippen LogP contribution is 2.26. The molecule has 1 aromatic rings. The van der Waals surface area contributed by atoms with Crippen LogP contribution in [0.5, 0.6) is 0 Å². The predicted octanol–water partition coefficient (Wildman–Crippen LogP) is 3.70. The summed E-state index contributed by atoms with van der Waals surface area (Å²) in [6, 6.07) is 2.83. The smallest absolute Gasteiger partial charge is 0.225 e. The van der Waals surface area contributed by atoms with Crippen molar-refractivity contribution >= 4 is 28.8 Å². The van der Waals surface area contributed by atoms with Gasteiger partial charge in [0.25, 0.3) is 0 Å². The van der Waals surface area contributed by atoms with Crippen molar-refractivity contribution in [3.63, 3.8) is 0 Å². The van der Waals surface area contributed by atoms with E-state index in [1.807, 2.05) is 24.8 Å². The summed E-state index contributed by atoms with van der Waals surface area (Å²) in [6.45, 7) is 7.84. The van der Waals surface area contributed by atoms with E-state index in [2.05, 4.69) is 17.6 Å². The number of hydrogen-bond donors (Lipinski definition) is 1. The zero-order chi connectivity index (χ0) is 14.7. The summed E-state index contributed by atoms with van der Waals surface area (Å²) < 4.78 is 0.839. The van der Waals surface area contributed by atoms with E-state index >= 15 is 0 Å². The van der Waals surface area contributed by atoms with Crippen molar-refractivity contribution in [2.45, 2.75) is 45.7 Å². The summed E-state index contributed by atoms with van der Waals surface area (Å²) >= 11 is 7.55. The lowest BCUT2D eigenvalue weighted by atomic mass is 10.0. The summed E-state index contributed by atoms with van der Waals surface area (Å²) in [4.78, 5) is 13.9. The Bertz CT molecular complexity index is 452. The van der Waals surface area contributed by atoms with E-state index in [0.29, 0.717) is 12.1 Å². The minimum atomic E-state index is 0.103. The number of rotatable bonds is 4. The number of likely N-dealkylation sites (tertiary alicyclic amines) is 1. The molecule has 0 aromatic carbocycles. The van der Waals surface area contributed by atoms with Crippen LogP contribution >= 0.6 is 22.9 Å². The fraction of sp³-hybridized carbons (Fsp3) is 0.667. The molecule has 0 saturated carbocycles. The Morgan fingerprint density at radius 3 is 2.55 bits per heavy atom. The number of carbonyl (C=O) groups excluding carboxylic acids is 1. The van der Waals surface area contributed by atoms with Gasteiger partial charge < -0.3 is 10.2 Å². The number of amides is 1. The lowest BCUT2D eigenvalue weighted by Gasteiger charge is -2.34. The fourth-order valence-electron chi connectivity index (χ4n) is 2.63. The SMILES string of the molecule is CC(C)C(=O)N1CCC(NC(C)c2csc(Cl)c2)CC1. The number of nitrogens with zero attached hydrogens (tertiary/aromatic N) is 1. The Labute approximate surface area is 130 Å². The van der Waals surface area contributed by atoms with Gasteiger partial charge in [-0.1, -0.05) is 25.4 Å². The number of piperidine rings is 1. The van der Waals surface area contributed by atoms with Gasteiger partial charge in [-0.25, -0.2) is 0 Å². The van der Waals surface area contributed by atoms with Crippen molar-refractivity contribution in [3.05, 3.63) is 21.3 Å². The summed E-state index contributed by atoms with van der Waals surface area (Å²) in [5, 5.41) is 5.76. The van der Waals surface area contributed by atoms with Crippen LogP contribution in [0.25, 0.3) is 0 Å². The maximum atomic E-state index is 11.9. The normalized spacial score (nSPS) is 18.6. The molecular formula is C15H23ClN2OS. The summed E-state index contributed by atoms with van der Waals surface area (Å²) in [5.74, 6) is 0.382. The molecule has 1 atom stereocenters. The van der Waals surface area contributed by atoms with E-state index in [1.165, 1.54) is 5.56 Å². The van der Waals surface area contributed by atoms with Gasteiger partial charge in [-0.15, -0.1) is 11.3 Å². The van der Waals surface area contributed by atoms with Crippen molar-refractivity contribution in [2.75, 3.05) is 13.1 Å². The lowest BCUT2D eigenvalue weighted by molar-refractivity contribution is -0.135. The van der Waals surface area contributed by atoms with E-state index in [4.69, 9.17) is 11.6 Å². The molecule has 1 saturated heterocycles. The maximum absolute atomic E-state index is 11.9. The molecule has 20 heavy (non-hydrogen) atoms. The van der Waals surface area contributed by atoms with Crippen LogP contribution in [0.15, 0.2) is 11.4 Å². The first-order valence-corrected chi connectivity index (χ1v) is 8.52. The second-order valence-corrected chi connectivity index (χ2v) is 7.37. The van der Waals surface area contributed by atoms with Gasteiger partial charge in [0.1, 0.15) is 0 Å². The van der Waals surface area contributed by atoms with E-state index < -0.39 is 0 Å². The zero-order valence-electron chi connectivity index (χ0n) is 12.4. The first-order chi connectivity index (χ1) is 9.47. The van der Waals surface area contributed by atoms with Gasteiger partial charge in [-0.2, -0.15) is 0 Å². The minimum absolute atomic E-state index is 0.103. The van der Waals surface area contributed by atoms with E-state index in [1.54, 1.807) is 11.3 Å². The van der Waals surface area contributed by atoms with Crippen molar-refractivity contribution < 1.29 is 4.79 Å². The third kappa shape index (κ3) is 3.96. The van der Waals surface area contributed by atoms with Crippen LogP contribution < -0.4 is 5.32 Å². The molecule has 112 valence electrons. The average Bonchev–Trinajstić information content (AvgIpc) is 2.85. The van der Waals surface area contributed by atoms with Crippen LogP contribution in [0.1, 0.15) is 45.2 Å². The number of nitrogens with one attached hydrogen (secondary N) is 1. The third-order valence-electron chi connectivity index (χ3n) is 3.87. The molecule has 2 heterocycles. The number of thiophene rings is 1. The standard InChI is InChI=1S/C15H23ClN2OS/c1-10(2)15(19)18-6-4-13(5-7-18)17-11(3)12-8-14(16)20-9-12/h8-11,13,17H,4-7H2,1-3H3. The van der Waals surface area contributed by atoms with Gasteiger partial charge in [0, 0.05) is 31.1 Å². The molecule has 3 nitrogen and oxygen atoms in total. The highest BCUT2D eigenvalue weighted by atomic mass is 35.5. The van der Waals surface area contributed by atoms with Crippen LogP contribution in [0.4, 0.5) is 0 Å². The Morgan fingerprint density at radius 2 is 2.05 bits per heavy atom. The molecule has 1 aliphatic rings. The monoisotopic (exact) mass is 314 g/mol. The van der Waals surface area contributed by atoms with E-state index in [-0.39, 0.29) is 11.8 Å². The molecule has 1 unspecified atom stereocenters. The molecule has 1 N–H and O–H groups in total. The third-order valence-corrected chi connectivity index (χ3v) is 4.98. The Kier molecular flexibility index (Phi) is 5.47. The Balaban J connectivity index is 1.81. The molecular weight excluding hydrogens is 292 g/mol. The largest absolute Gasteiger partial charge is 0.342 e. The van der Waals surface area contributed by atoms with Crippen molar-refractivity contribution in [1.29, 1.82) is 0 Å². The van der Waals surface area contributed by atoms with E-state index in [0.717, 1.165) is 30.3 Å². The first-order valence-electron chi connectivity index (χ1n) is 7.26. The van der Waals surface area contributed by atoms with Gasteiger partial charge >= 0.3 is 0 Å². The van der Waals surface area contributed by atoms with Crippen LogP contribution in [-0.2, 0) is 4.79 Å². The Morgan fingerprint density at radius 1 is 1.40 bits per heavy atom. The first kappa shape index (κ1) is 15.8. The van der Waals surface area contributed by atoms with Gasteiger partial charge in [0.05, 0.1) is 4.34 Å². The van der Waals surface area contributed by atoms with Crippen molar-refractivity contribution in [2.24, 2.45) is 5.92 Å². The molecule has 0 spiro atoms. The molecule has 5 heteroatoms. The highest BCUT2D eigenvalue weighted by Gasteiger charge is 2.25. The summed E-state index contributed by atoms with van der Waals surface area (Å²) in [7, 11) is 0. The van der Waals surface area contributed by atoms with Gasteiger partial charge in [-0.05, 0) is 36.8 Å². The van der Waals surface area contributed by atoms with Gasteiger partial charge in [0.15, 0.2) is 0 Å². The summed E-state index contributed by atoms with van der Waals surface area (Å²) in [6.07, 6.45) is 2.06. The predicted molar refractivity (Wildman–Crippen MR) is 85.3 cm³/mol. The average molecular weight is 315 g/mol. The van der Waals surface area contributed by atoms with E-state index in [9.17, 15) is 4.79 Å². The molecule has 2 rings (SSSR count). The minimum Gasteiger partial charge on any atom is -0.342 e. The Hall–Kier alpha value is -0.580.